The molecule has 11 nitrogen and oxygen atoms in total. The van der Waals surface area contributed by atoms with Gasteiger partial charge in [-0.15, -0.1) is 0 Å². The van der Waals surface area contributed by atoms with Crippen LogP contribution in [0, 0.1) is 16.7 Å². The van der Waals surface area contributed by atoms with E-state index < -0.39 is 17.5 Å². The zero-order chi connectivity index (χ0) is 34.0. The molecule has 3 N–H and O–H groups in total. The predicted octanol–water partition coefficient (Wildman–Crippen LogP) is 6.16. The third-order valence-electron chi connectivity index (χ3n) is 8.24. The number of imidazole rings is 1. The van der Waals surface area contributed by atoms with Gasteiger partial charge < -0.3 is 24.8 Å². The SMILES string of the molecule is C[C@H](N(C)C(=O)Oc1ccc2c(c1)nc(NC(=O)c1ccc(Cl)cc1)n2C1CCCN(C(=O)C(C#N)=CC(C)(C)N)C1)C(C)(C)C. The number of halogens is 1. The first-order valence-electron chi connectivity index (χ1n) is 15.2. The minimum Gasteiger partial charge on any atom is -0.410 e. The lowest BCUT2D eigenvalue weighted by Gasteiger charge is -2.34. The number of amides is 3. The number of benzene rings is 2. The molecule has 1 saturated heterocycles. The Morgan fingerprint density at radius 1 is 1.17 bits per heavy atom. The largest absolute Gasteiger partial charge is 0.415 e. The fourth-order valence-electron chi connectivity index (χ4n) is 5.32. The van der Waals surface area contributed by atoms with Crippen molar-refractivity contribution < 1.29 is 19.1 Å². The second-order valence-corrected chi connectivity index (χ2v) is 13.9. The first kappa shape index (κ1) is 34.5. The van der Waals surface area contributed by atoms with Crippen molar-refractivity contribution >= 4 is 46.5 Å². The highest BCUT2D eigenvalue weighted by atomic mass is 35.5. The van der Waals surface area contributed by atoms with Gasteiger partial charge in [0.25, 0.3) is 11.8 Å². The summed E-state index contributed by atoms with van der Waals surface area (Å²) in [4.78, 5) is 47.6. The van der Waals surface area contributed by atoms with Gasteiger partial charge in [-0.05, 0) is 81.5 Å². The molecule has 2 atom stereocenters. The summed E-state index contributed by atoms with van der Waals surface area (Å²) in [6, 6.07) is 13.3. The van der Waals surface area contributed by atoms with Crippen LogP contribution in [0.25, 0.3) is 11.0 Å². The van der Waals surface area contributed by atoms with E-state index in [4.69, 9.17) is 27.1 Å². The van der Waals surface area contributed by atoms with Crippen LogP contribution in [0.1, 0.15) is 70.8 Å². The standard InChI is InChI=1S/C34H42ClN7O4/c1-21(33(2,3)4)40(7)32(45)46-26-14-15-28-27(17-26)38-31(39-29(43)22-10-12-24(35)13-11-22)42(28)25-9-8-16-41(20-25)30(44)23(19-36)18-34(5,6)37/h10-15,17-18,21,25H,8-9,16,20,37H2,1-7H3,(H,38,39,43)/t21-,25?/m0/s1. The summed E-state index contributed by atoms with van der Waals surface area (Å²) in [5.74, 6) is -0.208. The van der Waals surface area contributed by atoms with Gasteiger partial charge in [0.1, 0.15) is 17.4 Å². The first-order chi connectivity index (χ1) is 21.5. The molecule has 3 amide bonds. The lowest BCUT2D eigenvalue weighted by Crippen LogP contribution is -2.44. The van der Waals surface area contributed by atoms with E-state index in [9.17, 15) is 19.6 Å². The molecule has 0 radical (unpaired) electrons. The van der Waals surface area contributed by atoms with Crippen LogP contribution in [-0.4, -0.2) is 69.0 Å². The molecule has 0 saturated carbocycles. The summed E-state index contributed by atoms with van der Waals surface area (Å²) < 4.78 is 7.62. The van der Waals surface area contributed by atoms with Crippen molar-refractivity contribution in [2.75, 3.05) is 25.5 Å². The van der Waals surface area contributed by atoms with Crippen molar-refractivity contribution in [1.82, 2.24) is 19.4 Å². The number of nitrogens with two attached hydrogens (primary N) is 1. The lowest BCUT2D eigenvalue weighted by atomic mass is 9.87. The maximum atomic E-state index is 13.4. The summed E-state index contributed by atoms with van der Waals surface area (Å²) >= 11 is 6.02. The number of anilines is 1. The molecular formula is C34H42ClN7O4. The molecule has 0 bridgehead atoms. The van der Waals surface area contributed by atoms with Gasteiger partial charge in [-0.1, -0.05) is 32.4 Å². The number of nitrogens with one attached hydrogen (secondary N) is 1. The average Bonchev–Trinajstić information content (AvgIpc) is 3.34. The van der Waals surface area contributed by atoms with Crippen molar-refractivity contribution in [2.24, 2.45) is 11.1 Å². The molecular weight excluding hydrogens is 606 g/mol. The van der Waals surface area contributed by atoms with E-state index in [0.717, 1.165) is 0 Å². The smallest absolute Gasteiger partial charge is 0.410 e. The molecule has 2 aromatic carbocycles. The monoisotopic (exact) mass is 647 g/mol. The van der Waals surface area contributed by atoms with Crippen LogP contribution in [0.5, 0.6) is 5.75 Å². The first-order valence-corrected chi connectivity index (χ1v) is 15.6. The summed E-state index contributed by atoms with van der Waals surface area (Å²) in [6.45, 7) is 12.3. The van der Waals surface area contributed by atoms with Crippen LogP contribution in [0.15, 0.2) is 54.1 Å². The van der Waals surface area contributed by atoms with Crippen LogP contribution >= 0.6 is 11.6 Å². The van der Waals surface area contributed by atoms with E-state index in [1.54, 1.807) is 73.2 Å². The Morgan fingerprint density at radius 2 is 1.85 bits per heavy atom. The Bertz CT molecular complexity index is 1690. The number of likely N-dealkylation sites (tertiary alicyclic amines) is 1. The van der Waals surface area contributed by atoms with E-state index in [1.807, 2.05) is 17.6 Å². The van der Waals surface area contributed by atoms with Gasteiger partial charge in [0.15, 0.2) is 0 Å². The average molecular weight is 648 g/mol. The van der Waals surface area contributed by atoms with Gasteiger partial charge in [0.2, 0.25) is 5.95 Å². The van der Waals surface area contributed by atoms with Crippen molar-refractivity contribution in [2.45, 2.75) is 72.0 Å². The lowest BCUT2D eigenvalue weighted by molar-refractivity contribution is -0.128. The number of aromatic nitrogens is 2. The Kier molecular flexibility index (Phi) is 10.1. The van der Waals surface area contributed by atoms with Crippen LogP contribution in [0.2, 0.25) is 5.02 Å². The van der Waals surface area contributed by atoms with Crippen LogP contribution in [-0.2, 0) is 4.79 Å². The molecule has 12 heteroatoms. The third-order valence-corrected chi connectivity index (χ3v) is 8.49. The second-order valence-electron chi connectivity index (χ2n) is 13.5. The zero-order valence-corrected chi connectivity index (χ0v) is 28.2. The number of hydrogen-bond acceptors (Lipinski definition) is 7. The van der Waals surface area contributed by atoms with Crippen molar-refractivity contribution in [3.8, 4) is 11.8 Å². The van der Waals surface area contributed by atoms with E-state index >= 15 is 0 Å². The van der Waals surface area contributed by atoms with Gasteiger partial charge in [-0.25, -0.2) is 9.78 Å². The van der Waals surface area contributed by atoms with Crippen molar-refractivity contribution in [3.63, 3.8) is 0 Å². The number of piperidine rings is 1. The second kappa shape index (κ2) is 13.5. The highest BCUT2D eigenvalue weighted by molar-refractivity contribution is 6.30. The van der Waals surface area contributed by atoms with Gasteiger partial charge in [0, 0.05) is 48.4 Å². The summed E-state index contributed by atoms with van der Waals surface area (Å²) in [5, 5.41) is 13.1. The molecule has 4 rings (SSSR count). The van der Waals surface area contributed by atoms with E-state index in [1.165, 1.54) is 6.08 Å². The number of nitriles is 1. The maximum absolute atomic E-state index is 13.4. The van der Waals surface area contributed by atoms with Crippen molar-refractivity contribution in [3.05, 3.63) is 64.7 Å². The van der Waals surface area contributed by atoms with E-state index in [2.05, 4.69) is 26.1 Å². The van der Waals surface area contributed by atoms with Crippen LogP contribution in [0.3, 0.4) is 0 Å². The topological polar surface area (TPSA) is 147 Å². The van der Waals surface area contributed by atoms with Gasteiger partial charge in [-0.3, -0.25) is 14.9 Å². The number of fused-ring (bicyclic) bond motifs is 1. The van der Waals surface area contributed by atoms with E-state index in [-0.39, 0.29) is 41.5 Å². The molecule has 1 aliphatic rings. The number of nitrogens with zero attached hydrogens (tertiary/aromatic N) is 5. The van der Waals surface area contributed by atoms with E-state index in [0.29, 0.717) is 46.8 Å². The molecule has 1 aliphatic heterocycles. The molecule has 3 aromatic rings. The molecule has 46 heavy (non-hydrogen) atoms. The zero-order valence-electron chi connectivity index (χ0n) is 27.4. The third kappa shape index (κ3) is 8.05. The summed E-state index contributed by atoms with van der Waals surface area (Å²) in [6.07, 6.45) is 2.34. The molecule has 244 valence electrons. The fourth-order valence-corrected chi connectivity index (χ4v) is 5.45. The fraction of sp³-hybridized carbons (Fsp3) is 0.441. The number of carbonyl (C=O) groups excluding carboxylic acids is 3. The van der Waals surface area contributed by atoms with Crippen molar-refractivity contribution in [1.29, 1.82) is 5.26 Å². The molecule has 2 heterocycles. The highest BCUT2D eigenvalue weighted by Gasteiger charge is 2.31. The maximum Gasteiger partial charge on any atom is 0.415 e. The van der Waals surface area contributed by atoms with Gasteiger partial charge >= 0.3 is 6.09 Å². The summed E-state index contributed by atoms with van der Waals surface area (Å²) in [5.41, 5.74) is 6.64. The minimum atomic E-state index is -0.837. The Hall–Kier alpha value is -4.40. The number of hydrogen-bond donors (Lipinski definition) is 2. The van der Waals surface area contributed by atoms with Crippen LogP contribution in [0.4, 0.5) is 10.7 Å². The Balaban J connectivity index is 1.70. The molecule has 1 unspecified atom stereocenters. The minimum absolute atomic E-state index is 0.0166. The van der Waals surface area contributed by atoms with Gasteiger partial charge in [0.05, 0.1) is 17.1 Å². The normalized spacial score (nSPS) is 16.5. The Morgan fingerprint density at radius 3 is 2.46 bits per heavy atom. The van der Waals surface area contributed by atoms with Gasteiger partial charge in [-0.2, -0.15) is 5.26 Å². The summed E-state index contributed by atoms with van der Waals surface area (Å²) in [7, 11) is 1.70. The molecule has 0 spiro atoms. The Labute approximate surface area is 274 Å². The molecule has 1 fully saturated rings. The number of rotatable bonds is 7. The molecule has 0 aliphatic carbocycles. The number of carbonyl (C=O) groups is 3. The molecule has 1 aromatic heterocycles. The number of ether oxygens (including phenoxy) is 1. The quantitative estimate of drug-likeness (QED) is 0.231. The van der Waals surface area contributed by atoms with Crippen LogP contribution < -0.4 is 15.8 Å². The highest BCUT2D eigenvalue weighted by Crippen LogP contribution is 2.33. The predicted molar refractivity (Wildman–Crippen MR) is 179 cm³/mol.